The Hall–Kier alpha value is -3.43. The molecule has 0 N–H and O–H groups in total. The van der Waals surface area contributed by atoms with Crippen LogP contribution in [0.2, 0.25) is 0 Å². The second-order valence-corrected chi connectivity index (χ2v) is 10.1. The predicted molar refractivity (Wildman–Crippen MR) is 147 cm³/mol. The highest BCUT2D eigenvalue weighted by molar-refractivity contribution is 5.93. The fraction of sp³-hybridized carbons (Fsp3) is 0.303. The number of carbonyl (C=O) groups is 1. The standard InChI is InChI=1S/C33H35NO2/c1-34-23-30(35)22-28(10-6-9-25-12-18-31(36-2)19-13-25)33(34)29-17-20-32-26(15-16-27(32)21-29)14-11-24-7-4-3-5-8-24/h3-5,7-8,12-13,15-22,26,33H,6,9-11,14,23H2,1-2H3. The maximum atomic E-state index is 12.4. The smallest absolute Gasteiger partial charge is 0.169 e. The van der Waals surface area contributed by atoms with Crippen LogP contribution in [0, 0.1) is 0 Å². The Morgan fingerprint density at radius 3 is 2.47 bits per heavy atom. The van der Waals surface area contributed by atoms with Crippen LogP contribution >= 0.6 is 0 Å². The van der Waals surface area contributed by atoms with E-state index in [0.29, 0.717) is 12.5 Å². The van der Waals surface area contributed by atoms with Gasteiger partial charge in [-0.25, -0.2) is 0 Å². The van der Waals surface area contributed by atoms with Crippen molar-refractivity contribution in [2.45, 2.75) is 44.1 Å². The molecule has 0 saturated carbocycles. The van der Waals surface area contributed by atoms with Crippen LogP contribution < -0.4 is 4.74 Å². The number of nitrogens with zero attached hydrogens (tertiary/aromatic N) is 1. The summed E-state index contributed by atoms with van der Waals surface area (Å²) in [7, 11) is 3.77. The minimum Gasteiger partial charge on any atom is -0.497 e. The van der Waals surface area contributed by atoms with Crippen molar-refractivity contribution < 1.29 is 9.53 Å². The van der Waals surface area contributed by atoms with Crippen LogP contribution in [-0.4, -0.2) is 31.4 Å². The van der Waals surface area contributed by atoms with Crippen LogP contribution in [0.4, 0.5) is 0 Å². The lowest BCUT2D eigenvalue weighted by Crippen LogP contribution is -2.35. The maximum absolute atomic E-state index is 12.4. The number of methoxy groups -OCH3 is 1. The van der Waals surface area contributed by atoms with E-state index in [1.807, 2.05) is 18.2 Å². The van der Waals surface area contributed by atoms with E-state index in [9.17, 15) is 4.79 Å². The first-order chi connectivity index (χ1) is 17.6. The van der Waals surface area contributed by atoms with Crippen molar-refractivity contribution in [3.05, 3.63) is 118 Å². The lowest BCUT2D eigenvalue weighted by molar-refractivity contribution is -0.116. The molecule has 184 valence electrons. The number of benzene rings is 3. The average Bonchev–Trinajstić information content (AvgIpc) is 3.30. The molecular formula is C33H35NO2. The number of likely N-dealkylation sites (N-methyl/N-ethyl adjacent to an activating group) is 1. The van der Waals surface area contributed by atoms with E-state index in [1.54, 1.807) is 7.11 Å². The van der Waals surface area contributed by atoms with E-state index in [-0.39, 0.29) is 11.8 Å². The molecule has 0 amide bonds. The van der Waals surface area contributed by atoms with Crippen LogP contribution in [0.25, 0.3) is 6.08 Å². The third kappa shape index (κ3) is 5.52. The monoisotopic (exact) mass is 477 g/mol. The van der Waals surface area contributed by atoms with Gasteiger partial charge in [-0.15, -0.1) is 0 Å². The lowest BCUT2D eigenvalue weighted by Gasteiger charge is -2.34. The summed E-state index contributed by atoms with van der Waals surface area (Å²) in [6.45, 7) is 0.471. The van der Waals surface area contributed by atoms with Gasteiger partial charge in [-0.05, 0) is 96.8 Å². The molecule has 0 bridgehead atoms. The lowest BCUT2D eigenvalue weighted by atomic mass is 9.87. The Balaban J connectivity index is 1.27. The number of ether oxygens (including phenoxy) is 1. The quantitative estimate of drug-likeness (QED) is 0.334. The summed E-state index contributed by atoms with van der Waals surface area (Å²) in [5.41, 5.74) is 7.96. The molecule has 1 aliphatic heterocycles. The van der Waals surface area contributed by atoms with Crippen molar-refractivity contribution in [3.63, 3.8) is 0 Å². The molecule has 2 aliphatic rings. The summed E-state index contributed by atoms with van der Waals surface area (Å²) < 4.78 is 5.27. The fourth-order valence-electron chi connectivity index (χ4n) is 5.71. The summed E-state index contributed by atoms with van der Waals surface area (Å²) in [6, 6.07) is 26.1. The summed E-state index contributed by atoms with van der Waals surface area (Å²) in [5.74, 6) is 1.56. The molecule has 0 spiro atoms. The summed E-state index contributed by atoms with van der Waals surface area (Å²) >= 11 is 0. The van der Waals surface area contributed by atoms with E-state index < -0.39 is 0 Å². The highest BCUT2D eigenvalue weighted by atomic mass is 16.5. The van der Waals surface area contributed by atoms with Crippen molar-refractivity contribution in [1.29, 1.82) is 0 Å². The van der Waals surface area contributed by atoms with Crippen molar-refractivity contribution in [2.75, 3.05) is 20.7 Å². The van der Waals surface area contributed by atoms with E-state index in [2.05, 4.69) is 84.8 Å². The van der Waals surface area contributed by atoms with Crippen molar-refractivity contribution in [1.82, 2.24) is 4.90 Å². The van der Waals surface area contributed by atoms with E-state index in [0.717, 1.165) is 37.9 Å². The predicted octanol–water partition coefficient (Wildman–Crippen LogP) is 6.94. The van der Waals surface area contributed by atoms with Crippen LogP contribution in [0.15, 0.2) is 90.5 Å². The molecule has 0 fully saturated rings. The van der Waals surface area contributed by atoms with Crippen LogP contribution in [-0.2, 0) is 17.6 Å². The number of allylic oxidation sites excluding steroid dienone is 1. The first-order valence-electron chi connectivity index (χ1n) is 13.0. The van der Waals surface area contributed by atoms with Gasteiger partial charge in [0.05, 0.1) is 19.7 Å². The number of carbonyl (C=O) groups excluding carboxylic acids is 1. The van der Waals surface area contributed by atoms with Crippen LogP contribution in [0.3, 0.4) is 0 Å². The van der Waals surface area contributed by atoms with Crippen LogP contribution in [0.5, 0.6) is 5.75 Å². The Morgan fingerprint density at radius 1 is 0.917 bits per heavy atom. The van der Waals surface area contributed by atoms with Gasteiger partial charge in [0.1, 0.15) is 5.75 Å². The minimum absolute atomic E-state index is 0.153. The van der Waals surface area contributed by atoms with E-state index >= 15 is 0 Å². The zero-order valence-electron chi connectivity index (χ0n) is 21.3. The zero-order valence-corrected chi connectivity index (χ0v) is 21.3. The largest absolute Gasteiger partial charge is 0.497 e. The van der Waals surface area contributed by atoms with Gasteiger partial charge in [0, 0.05) is 5.92 Å². The first kappa shape index (κ1) is 24.3. The number of aryl methyl sites for hydroxylation is 2. The third-order valence-electron chi connectivity index (χ3n) is 7.55. The van der Waals surface area contributed by atoms with Crippen molar-refractivity contribution >= 4 is 11.9 Å². The zero-order chi connectivity index (χ0) is 24.9. The van der Waals surface area contributed by atoms with Gasteiger partial charge in [-0.2, -0.15) is 0 Å². The Morgan fingerprint density at radius 2 is 1.69 bits per heavy atom. The number of ketones is 1. The SMILES string of the molecule is COc1ccc(CCCC2=CC(=O)CN(C)C2c2ccc3c(c2)C=CC3CCc2ccccc2)cc1. The molecule has 3 aromatic carbocycles. The molecule has 0 aromatic heterocycles. The molecule has 1 heterocycles. The highest BCUT2D eigenvalue weighted by Crippen LogP contribution is 2.39. The molecule has 1 aliphatic carbocycles. The van der Waals surface area contributed by atoms with Gasteiger partial charge < -0.3 is 4.74 Å². The number of hydrogen-bond donors (Lipinski definition) is 0. The summed E-state index contributed by atoms with van der Waals surface area (Å²) in [5, 5.41) is 0. The molecule has 2 unspecified atom stereocenters. The van der Waals surface area contributed by atoms with Gasteiger partial charge >= 0.3 is 0 Å². The normalized spacial score (nSPS) is 19.3. The molecule has 3 aromatic rings. The Bertz CT molecular complexity index is 1260. The van der Waals surface area contributed by atoms with Gasteiger partial charge in [-0.1, -0.05) is 66.7 Å². The molecule has 5 rings (SSSR count). The summed E-state index contributed by atoms with van der Waals surface area (Å²) in [6.07, 6.45) is 11.7. The second kappa shape index (κ2) is 11.1. The van der Waals surface area contributed by atoms with Crippen LogP contribution in [0.1, 0.15) is 59.0 Å². The topological polar surface area (TPSA) is 29.5 Å². The Kier molecular flexibility index (Phi) is 7.48. The molecular weight excluding hydrogens is 442 g/mol. The van der Waals surface area contributed by atoms with Crippen molar-refractivity contribution in [3.8, 4) is 5.75 Å². The maximum Gasteiger partial charge on any atom is 0.169 e. The fourth-order valence-corrected chi connectivity index (χ4v) is 5.71. The first-order valence-corrected chi connectivity index (χ1v) is 13.0. The number of hydrogen-bond acceptors (Lipinski definition) is 3. The Labute approximate surface area is 215 Å². The number of fused-ring (bicyclic) bond motifs is 1. The summed E-state index contributed by atoms with van der Waals surface area (Å²) in [4.78, 5) is 14.6. The molecule has 2 atom stereocenters. The van der Waals surface area contributed by atoms with Crippen molar-refractivity contribution in [2.24, 2.45) is 0 Å². The van der Waals surface area contributed by atoms with E-state index in [4.69, 9.17) is 4.74 Å². The molecule has 3 heteroatoms. The van der Waals surface area contributed by atoms with E-state index in [1.165, 1.54) is 33.4 Å². The molecule has 0 radical (unpaired) electrons. The third-order valence-corrected chi connectivity index (χ3v) is 7.55. The molecule has 3 nitrogen and oxygen atoms in total. The average molecular weight is 478 g/mol. The molecule has 36 heavy (non-hydrogen) atoms. The molecule has 0 saturated heterocycles. The highest BCUT2D eigenvalue weighted by Gasteiger charge is 2.28. The minimum atomic E-state index is 0.153. The number of rotatable bonds is 9. The van der Waals surface area contributed by atoms with Gasteiger partial charge in [0.2, 0.25) is 0 Å². The van der Waals surface area contributed by atoms with Gasteiger partial charge in [0.15, 0.2) is 5.78 Å². The van der Waals surface area contributed by atoms with Gasteiger partial charge in [-0.3, -0.25) is 9.69 Å². The van der Waals surface area contributed by atoms with Gasteiger partial charge in [0.25, 0.3) is 0 Å². The second-order valence-electron chi connectivity index (χ2n) is 10.1.